The van der Waals surface area contributed by atoms with Crippen LogP contribution in [-0.2, 0) is 0 Å². The Balaban J connectivity index is 1.90. The number of nitrogens with two attached hydrogens (primary N) is 1. The van der Waals surface area contributed by atoms with Crippen molar-refractivity contribution in [1.29, 1.82) is 0 Å². The number of halogens is 1. The predicted octanol–water partition coefficient (Wildman–Crippen LogP) is 2.99. The smallest absolute Gasteiger partial charge is 0.256 e. The van der Waals surface area contributed by atoms with Crippen molar-refractivity contribution in [3.63, 3.8) is 0 Å². The molecule has 0 radical (unpaired) electrons. The van der Waals surface area contributed by atoms with Crippen molar-refractivity contribution in [2.45, 2.75) is 13.0 Å². The first-order valence-corrected chi connectivity index (χ1v) is 7.50. The number of fused-ring (bicyclic) bond motifs is 1. The first-order valence-electron chi connectivity index (χ1n) is 6.70. The van der Waals surface area contributed by atoms with Gasteiger partial charge in [0.05, 0.1) is 22.8 Å². The van der Waals surface area contributed by atoms with Gasteiger partial charge in [0.25, 0.3) is 5.91 Å². The molecule has 4 N–H and O–H groups in total. The molecule has 0 saturated heterocycles. The number of benzene rings is 1. The van der Waals surface area contributed by atoms with Gasteiger partial charge in [0.1, 0.15) is 0 Å². The lowest BCUT2D eigenvalue weighted by Gasteiger charge is -2.10. The molecule has 1 aromatic carbocycles. The number of carbonyl (C=O) groups is 1. The summed E-state index contributed by atoms with van der Waals surface area (Å²) < 4.78 is 0.706. The van der Waals surface area contributed by atoms with Crippen molar-refractivity contribution in [2.24, 2.45) is 5.73 Å². The highest BCUT2D eigenvalue weighted by Gasteiger charge is 2.14. The summed E-state index contributed by atoms with van der Waals surface area (Å²) >= 11 is 3.42. The number of pyridine rings is 1. The number of hydrogen-bond acceptors (Lipinski definition) is 4. The number of rotatable bonds is 3. The Hall–Kier alpha value is -2.25. The highest BCUT2D eigenvalue weighted by Crippen LogP contribution is 2.24. The van der Waals surface area contributed by atoms with E-state index in [2.05, 4.69) is 36.4 Å². The van der Waals surface area contributed by atoms with Gasteiger partial charge in [-0.2, -0.15) is 5.10 Å². The Morgan fingerprint density at radius 3 is 2.95 bits per heavy atom. The van der Waals surface area contributed by atoms with Crippen molar-refractivity contribution in [3.05, 3.63) is 52.3 Å². The number of carbonyl (C=O) groups excluding carboxylic acids is 1. The van der Waals surface area contributed by atoms with Crippen LogP contribution in [0.25, 0.3) is 11.0 Å². The third-order valence-electron chi connectivity index (χ3n) is 3.37. The Labute approximate surface area is 135 Å². The molecule has 3 aromatic rings. The molecule has 0 aliphatic carbocycles. The summed E-state index contributed by atoms with van der Waals surface area (Å²) in [4.78, 5) is 16.6. The summed E-state index contributed by atoms with van der Waals surface area (Å²) in [7, 11) is 0. The molecule has 1 amide bonds. The largest absolute Gasteiger partial charge is 0.324 e. The van der Waals surface area contributed by atoms with Gasteiger partial charge in [-0.05, 0) is 46.6 Å². The Kier molecular flexibility index (Phi) is 3.91. The van der Waals surface area contributed by atoms with Gasteiger partial charge < -0.3 is 11.1 Å². The van der Waals surface area contributed by atoms with Crippen LogP contribution in [0.1, 0.15) is 28.9 Å². The average molecular weight is 360 g/mol. The summed E-state index contributed by atoms with van der Waals surface area (Å²) in [5, 5.41) is 10.3. The molecule has 1 unspecified atom stereocenters. The lowest BCUT2D eigenvalue weighted by molar-refractivity contribution is 0.102. The summed E-state index contributed by atoms with van der Waals surface area (Å²) in [6.45, 7) is 1.90. The van der Waals surface area contributed by atoms with E-state index < -0.39 is 0 Å². The van der Waals surface area contributed by atoms with Gasteiger partial charge in [0.2, 0.25) is 0 Å². The average Bonchev–Trinajstić information content (AvgIpc) is 2.96. The highest BCUT2D eigenvalue weighted by atomic mass is 79.9. The first-order chi connectivity index (χ1) is 10.6. The molecule has 0 aliphatic rings. The summed E-state index contributed by atoms with van der Waals surface area (Å²) in [5.74, 6) is -0.211. The Morgan fingerprint density at radius 2 is 2.23 bits per heavy atom. The minimum absolute atomic E-state index is 0.0841. The van der Waals surface area contributed by atoms with Crippen LogP contribution in [0.2, 0.25) is 0 Å². The first kappa shape index (κ1) is 14.7. The molecule has 0 saturated carbocycles. The topological polar surface area (TPSA) is 96.7 Å². The molecule has 0 bridgehead atoms. The third-order valence-corrected chi connectivity index (χ3v) is 4.02. The molecule has 2 aromatic heterocycles. The predicted molar refractivity (Wildman–Crippen MR) is 88.6 cm³/mol. The number of anilines is 1. The third kappa shape index (κ3) is 2.72. The molecule has 3 rings (SSSR count). The second-order valence-electron chi connectivity index (χ2n) is 4.97. The molecule has 2 heterocycles. The summed E-state index contributed by atoms with van der Waals surface area (Å²) in [6.07, 6.45) is 3.25. The van der Waals surface area contributed by atoms with Gasteiger partial charge in [0.15, 0.2) is 5.65 Å². The molecule has 0 fully saturated rings. The van der Waals surface area contributed by atoms with E-state index in [4.69, 9.17) is 5.73 Å². The van der Waals surface area contributed by atoms with E-state index in [9.17, 15) is 4.79 Å². The van der Waals surface area contributed by atoms with E-state index in [0.29, 0.717) is 21.4 Å². The minimum atomic E-state index is -0.211. The molecule has 0 spiro atoms. The van der Waals surface area contributed by atoms with Gasteiger partial charge in [-0.25, -0.2) is 4.98 Å². The zero-order valence-electron chi connectivity index (χ0n) is 11.8. The van der Waals surface area contributed by atoms with E-state index in [1.54, 1.807) is 24.5 Å². The summed E-state index contributed by atoms with van der Waals surface area (Å²) in [5.41, 5.74) is 8.63. The van der Waals surface area contributed by atoms with Gasteiger partial charge in [-0.15, -0.1) is 0 Å². The standard InChI is InChI=1S/C15H14BrN5O/c1-8(17)9-2-3-10(12(16)6-9)15(22)20-13-4-5-18-14-11(13)7-19-21-14/h2-8H,17H2,1H3,(H2,18,19,20,21,22). The van der Waals surface area contributed by atoms with Crippen molar-refractivity contribution in [2.75, 3.05) is 5.32 Å². The molecule has 6 nitrogen and oxygen atoms in total. The quantitative estimate of drug-likeness (QED) is 0.669. The molecule has 1 atom stereocenters. The molecule has 22 heavy (non-hydrogen) atoms. The van der Waals surface area contributed by atoms with Crippen LogP contribution in [0, 0.1) is 0 Å². The van der Waals surface area contributed by atoms with Gasteiger partial charge in [0, 0.05) is 16.7 Å². The lowest BCUT2D eigenvalue weighted by atomic mass is 10.1. The maximum atomic E-state index is 12.5. The number of hydrogen-bond donors (Lipinski definition) is 3. The number of amides is 1. The minimum Gasteiger partial charge on any atom is -0.324 e. The number of aromatic amines is 1. The van der Waals surface area contributed by atoms with Gasteiger partial charge >= 0.3 is 0 Å². The van der Waals surface area contributed by atoms with Crippen LogP contribution in [0.15, 0.2) is 41.1 Å². The zero-order chi connectivity index (χ0) is 15.7. The van der Waals surface area contributed by atoms with Crippen molar-refractivity contribution in [1.82, 2.24) is 15.2 Å². The number of H-pyrrole nitrogens is 1. The molecular formula is C15H14BrN5O. The van der Waals surface area contributed by atoms with Gasteiger partial charge in [-0.3, -0.25) is 9.89 Å². The van der Waals surface area contributed by atoms with Crippen LogP contribution in [0.4, 0.5) is 5.69 Å². The fourth-order valence-electron chi connectivity index (χ4n) is 2.15. The maximum Gasteiger partial charge on any atom is 0.256 e. The van der Waals surface area contributed by atoms with Crippen molar-refractivity contribution < 1.29 is 4.79 Å². The number of nitrogens with zero attached hydrogens (tertiary/aromatic N) is 2. The maximum absolute atomic E-state index is 12.5. The van der Waals surface area contributed by atoms with Crippen LogP contribution in [0.5, 0.6) is 0 Å². The van der Waals surface area contributed by atoms with E-state index in [0.717, 1.165) is 10.9 Å². The van der Waals surface area contributed by atoms with Crippen molar-refractivity contribution >= 4 is 38.6 Å². The second kappa shape index (κ2) is 5.86. The van der Waals surface area contributed by atoms with Crippen LogP contribution < -0.4 is 11.1 Å². The fourth-order valence-corrected chi connectivity index (χ4v) is 2.72. The second-order valence-corrected chi connectivity index (χ2v) is 5.83. The molecule has 112 valence electrons. The molecule has 0 aliphatic heterocycles. The highest BCUT2D eigenvalue weighted by molar-refractivity contribution is 9.10. The lowest BCUT2D eigenvalue weighted by Crippen LogP contribution is -2.14. The van der Waals surface area contributed by atoms with Crippen LogP contribution in [0.3, 0.4) is 0 Å². The zero-order valence-corrected chi connectivity index (χ0v) is 13.4. The molecular weight excluding hydrogens is 346 g/mol. The number of nitrogens with one attached hydrogen (secondary N) is 2. The van der Waals surface area contributed by atoms with Crippen molar-refractivity contribution in [3.8, 4) is 0 Å². The van der Waals surface area contributed by atoms with E-state index in [-0.39, 0.29) is 11.9 Å². The Morgan fingerprint density at radius 1 is 1.41 bits per heavy atom. The SMILES string of the molecule is CC(N)c1ccc(C(=O)Nc2ccnc3[nH]ncc23)c(Br)c1. The van der Waals surface area contributed by atoms with E-state index in [1.807, 2.05) is 19.1 Å². The van der Waals surface area contributed by atoms with Crippen LogP contribution >= 0.6 is 15.9 Å². The Bertz CT molecular complexity index is 843. The van der Waals surface area contributed by atoms with Gasteiger partial charge in [-0.1, -0.05) is 6.07 Å². The van der Waals surface area contributed by atoms with E-state index in [1.165, 1.54) is 0 Å². The number of aromatic nitrogens is 3. The van der Waals surface area contributed by atoms with E-state index >= 15 is 0 Å². The fraction of sp³-hybridized carbons (Fsp3) is 0.133. The normalized spacial score (nSPS) is 12.3. The van der Waals surface area contributed by atoms with Crippen LogP contribution in [-0.4, -0.2) is 21.1 Å². The monoisotopic (exact) mass is 359 g/mol. The summed E-state index contributed by atoms with van der Waals surface area (Å²) in [6, 6.07) is 7.12. The molecule has 7 heteroatoms.